The Kier molecular flexibility index (Phi) is 7.20. The Labute approximate surface area is 89.6 Å². The summed E-state index contributed by atoms with van der Waals surface area (Å²) in [5, 5.41) is 3.33. The van der Waals surface area contributed by atoms with Gasteiger partial charge in [0.1, 0.15) is 0 Å². The van der Waals surface area contributed by atoms with E-state index in [0.29, 0.717) is 5.41 Å². The Morgan fingerprint density at radius 3 is 2.43 bits per heavy atom. The van der Waals surface area contributed by atoms with Crippen molar-refractivity contribution in [2.24, 2.45) is 17.1 Å². The van der Waals surface area contributed by atoms with Gasteiger partial charge in [0.2, 0.25) is 0 Å². The van der Waals surface area contributed by atoms with Crippen LogP contribution in [0.15, 0.2) is 0 Å². The predicted molar refractivity (Wildman–Crippen MR) is 64.4 cm³/mol. The first-order valence-electron chi connectivity index (χ1n) is 5.95. The first-order chi connectivity index (χ1) is 6.54. The summed E-state index contributed by atoms with van der Waals surface area (Å²) in [6, 6.07) is 0. The molecule has 86 valence electrons. The third-order valence-electron chi connectivity index (χ3n) is 3.56. The summed E-state index contributed by atoms with van der Waals surface area (Å²) in [5.41, 5.74) is 5.89. The van der Waals surface area contributed by atoms with E-state index in [1.54, 1.807) is 0 Å². The molecule has 0 aliphatic heterocycles. The van der Waals surface area contributed by atoms with Crippen LogP contribution in [0.3, 0.4) is 0 Å². The third-order valence-corrected chi connectivity index (χ3v) is 3.56. The molecule has 0 saturated carbocycles. The van der Waals surface area contributed by atoms with Gasteiger partial charge in [-0.25, -0.2) is 0 Å². The highest BCUT2D eigenvalue weighted by Gasteiger charge is 2.22. The molecule has 0 aliphatic rings. The topological polar surface area (TPSA) is 38.0 Å². The fraction of sp³-hybridized carbons (Fsp3) is 1.00. The highest BCUT2D eigenvalue weighted by atomic mass is 14.9. The molecule has 0 aromatic heterocycles. The average molecular weight is 200 g/mol. The average Bonchev–Trinajstić information content (AvgIpc) is 2.17. The molecule has 0 spiro atoms. The minimum Gasteiger partial charge on any atom is -0.329 e. The standard InChI is InChI=1S/C12H28N2/c1-5-12(3,4)11(2)7-6-9-14-10-8-13/h11,14H,5-10,13H2,1-4H3. The molecule has 3 N–H and O–H groups in total. The van der Waals surface area contributed by atoms with Gasteiger partial charge in [0.15, 0.2) is 0 Å². The molecule has 0 radical (unpaired) electrons. The highest BCUT2D eigenvalue weighted by molar-refractivity contribution is 4.73. The van der Waals surface area contributed by atoms with Crippen LogP contribution in [0.4, 0.5) is 0 Å². The second-order valence-corrected chi connectivity index (χ2v) is 4.92. The SMILES string of the molecule is CCC(C)(C)C(C)CCCNCCN. The van der Waals surface area contributed by atoms with Crippen molar-refractivity contribution in [2.75, 3.05) is 19.6 Å². The third kappa shape index (κ3) is 5.61. The molecule has 2 nitrogen and oxygen atoms in total. The molecule has 0 rings (SSSR count). The molecule has 1 atom stereocenters. The van der Waals surface area contributed by atoms with Crippen LogP contribution in [-0.2, 0) is 0 Å². The Hall–Kier alpha value is -0.0800. The highest BCUT2D eigenvalue weighted by Crippen LogP contribution is 2.32. The Bertz CT molecular complexity index is 132. The van der Waals surface area contributed by atoms with Crippen molar-refractivity contribution in [3.8, 4) is 0 Å². The molecule has 0 aromatic carbocycles. The fourth-order valence-electron chi connectivity index (χ4n) is 1.50. The summed E-state index contributed by atoms with van der Waals surface area (Å²) < 4.78 is 0. The molecule has 2 heteroatoms. The Morgan fingerprint density at radius 2 is 1.93 bits per heavy atom. The van der Waals surface area contributed by atoms with Crippen LogP contribution >= 0.6 is 0 Å². The van der Waals surface area contributed by atoms with E-state index < -0.39 is 0 Å². The van der Waals surface area contributed by atoms with Crippen LogP contribution in [0.2, 0.25) is 0 Å². The quantitative estimate of drug-likeness (QED) is 0.590. The van der Waals surface area contributed by atoms with E-state index >= 15 is 0 Å². The smallest absolute Gasteiger partial charge is 0.00745 e. The molecule has 0 aromatic rings. The van der Waals surface area contributed by atoms with E-state index in [-0.39, 0.29) is 0 Å². The van der Waals surface area contributed by atoms with Gasteiger partial charge in [-0.2, -0.15) is 0 Å². The largest absolute Gasteiger partial charge is 0.329 e. The molecule has 0 fully saturated rings. The summed E-state index contributed by atoms with van der Waals surface area (Å²) in [5.74, 6) is 0.812. The second-order valence-electron chi connectivity index (χ2n) is 4.92. The number of hydrogen-bond acceptors (Lipinski definition) is 2. The van der Waals surface area contributed by atoms with Gasteiger partial charge < -0.3 is 11.1 Å². The summed E-state index contributed by atoms with van der Waals surface area (Å²) in [4.78, 5) is 0. The van der Waals surface area contributed by atoms with Gasteiger partial charge in [-0.1, -0.05) is 34.1 Å². The predicted octanol–water partition coefficient (Wildman–Crippen LogP) is 2.39. The van der Waals surface area contributed by atoms with E-state index in [1.807, 2.05) is 0 Å². The molecular weight excluding hydrogens is 172 g/mol. The van der Waals surface area contributed by atoms with Crippen LogP contribution in [0.1, 0.15) is 47.0 Å². The Morgan fingerprint density at radius 1 is 1.29 bits per heavy atom. The van der Waals surface area contributed by atoms with Crippen molar-refractivity contribution in [1.29, 1.82) is 0 Å². The van der Waals surface area contributed by atoms with E-state index in [9.17, 15) is 0 Å². The molecule has 1 unspecified atom stereocenters. The minimum atomic E-state index is 0.494. The van der Waals surface area contributed by atoms with Gasteiger partial charge in [-0.3, -0.25) is 0 Å². The molecule has 0 amide bonds. The van der Waals surface area contributed by atoms with E-state index in [4.69, 9.17) is 5.73 Å². The lowest BCUT2D eigenvalue weighted by molar-refractivity contribution is 0.206. The Balaban J connectivity index is 3.48. The van der Waals surface area contributed by atoms with Crippen molar-refractivity contribution in [3.05, 3.63) is 0 Å². The summed E-state index contributed by atoms with van der Waals surface area (Å²) >= 11 is 0. The second kappa shape index (κ2) is 7.24. The van der Waals surface area contributed by atoms with E-state index in [1.165, 1.54) is 19.3 Å². The van der Waals surface area contributed by atoms with E-state index in [0.717, 1.165) is 25.6 Å². The summed E-state index contributed by atoms with van der Waals surface area (Å²) in [6.45, 7) is 12.2. The van der Waals surface area contributed by atoms with Gasteiger partial charge in [-0.15, -0.1) is 0 Å². The van der Waals surface area contributed by atoms with E-state index in [2.05, 4.69) is 33.0 Å². The lowest BCUT2D eigenvalue weighted by atomic mass is 9.76. The van der Waals surface area contributed by atoms with Gasteiger partial charge >= 0.3 is 0 Å². The number of nitrogens with two attached hydrogens (primary N) is 1. The zero-order valence-corrected chi connectivity index (χ0v) is 10.4. The maximum absolute atomic E-state index is 5.40. The van der Waals surface area contributed by atoms with Gasteiger partial charge in [-0.05, 0) is 30.7 Å². The molecule has 0 heterocycles. The molecule has 0 saturated heterocycles. The summed E-state index contributed by atoms with van der Waals surface area (Å²) in [7, 11) is 0. The maximum Gasteiger partial charge on any atom is 0.00745 e. The number of rotatable bonds is 8. The van der Waals surface area contributed by atoms with Gasteiger partial charge in [0.25, 0.3) is 0 Å². The number of nitrogens with one attached hydrogen (secondary N) is 1. The molecule has 0 aliphatic carbocycles. The minimum absolute atomic E-state index is 0.494. The number of hydrogen-bond donors (Lipinski definition) is 2. The summed E-state index contributed by atoms with van der Waals surface area (Å²) in [6.07, 6.45) is 3.85. The van der Waals surface area contributed by atoms with Crippen LogP contribution in [0, 0.1) is 11.3 Å². The van der Waals surface area contributed by atoms with Crippen LogP contribution in [0.25, 0.3) is 0 Å². The van der Waals surface area contributed by atoms with Crippen LogP contribution < -0.4 is 11.1 Å². The monoisotopic (exact) mass is 200 g/mol. The molecule has 0 bridgehead atoms. The van der Waals surface area contributed by atoms with Crippen molar-refractivity contribution in [1.82, 2.24) is 5.32 Å². The van der Waals surface area contributed by atoms with Gasteiger partial charge in [0, 0.05) is 13.1 Å². The lowest BCUT2D eigenvalue weighted by Gasteiger charge is -2.30. The normalized spacial score (nSPS) is 14.4. The first kappa shape index (κ1) is 13.9. The van der Waals surface area contributed by atoms with Crippen molar-refractivity contribution in [2.45, 2.75) is 47.0 Å². The maximum atomic E-state index is 5.40. The first-order valence-corrected chi connectivity index (χ1v) is 5.95. The zero-order valence-electron chi connectivity index (χ0n) is 10.4. The van der Waals surface area contributed by atoms with Crippen molar-refractivity contribution in [3.63, 3.8) is 0 Å². The zero-order chi connectivity index (χ0) is 11.0. The fourth-order valence-corrected chi connectivity index (χ4v) is 1.50. The van der Waals surface area contributed by atoms with Crippen molar-refractivity contribution >= 4 is 0 Å². The van der Waals surface area contributed by atoms with Crippen molar-refractivity contribution < 1.29 is 0 Å². The van der Waals surface area contributed by atoms with Crippen LogP contribution in [-0.4, -0.2) is 19.6 Å². The molecular formula is C12H28N2. The lowest BCUT2D eigenvalue weighted by Crippen LogP contribution is -2.25. The van der Waals surface area contributed by atoms with Gasteiger partial charge in [0.05, 0.1) is 0 Å². The molecule has 14 heavy (non-hydrogen) atoms. The van der Waals surface area contributed by atoms with Crippen LogP contribution in [0.5, 0.6) is 0 Å².